The summed E-state index contributed by atoms with van der Waals surface area (Å²) in [6, 6.07) is 6.00. The van der Waals surface area contributed by atoms with Crippen molar-refractivity contribution in [2.75, 3.05) is 20.2 Å². The van der Waals surface area contributed by atoms with Crippen molar-refractivity contribution in [2.24, 2.45) is 0 Å². The highest BCUT2D eigenvalue weighted by Crippen LogP contribution is 2.24. The van der Waals surface area contributed by atoms with Gasteiger partial charge in [-0.1, -0.05) is 15.9 Å². The molecule has 0 radical (unpaired) electrons. The van der Waals surface area contributed by atoms with Crippen LogP contribution in [0.15, 0.2) is 22.7 Å². The minimum absolute atomic E-state index is 0.173. The zero-order valence-corrected chi connectivity index (χ0v) is 11.6. The molecule has 0 saturated carbocycles. The first kappa shape index (κ1) is 12.9. The summed E-state index contributed by atoms with van der Waals surface area (Å²) < 4.78 is 6.33. The van der Waals surface area contributed by atoms with Gasteiger partial charge in [0.1, 0.15) is 5.75 Å². The van der Waals surface area contributed by atoms with E-state index in [1.54, 1.807) is 7.11 Å². The van der Waals surface area contributed by atoms with Crippen molar-refractivity contribution in [3.8, 4) is 5.75 Å². The largest absolute Gasteiger partial charge is 0.497 e. The molecule has 1 aliphatic heterocycles. The van der Waals surface area contributed by atoms with Crippen LogP contribution in [0.1, 0.15) is 18.4 Å². The molecule has 1 N–H and O–H groups in total. The van der Waals surface area contributed by atoms with Gasteiger partial charge in [0, 0.05) is 17.6 Å². The summed E-state index contributed by atoms with van der Waals surface area (Å²) in [6.45, 7) is 2.68. The van der Waals surface area contributed by atoms with E-state index in [4.69, 9.17) is 4.74 Å². The van der Waals surface area contributed by atoms with Crippen molar-refractivity contribution in [2.45, 2.75) is 25.5 Å². The highest BCUT2D eigenvalue weighted by Gasteiger charge is 2.18. The van der Waals surface area contributed by atoms with Crippen LogP contribution in [0.25, 0.3) is 0 Å². The molecule has 0 aromatic heterocycles. The zero-order valence-electron chi connectivity index (χ0n) is 10.0. The molecule has 1 heterocycles. The van der Waals surface area contributed by atoms with Gasteiger partial charge < -0.3 is 9.84 Å². The Labute approximate surface area is 111 Å². The molecule has 1 aromatic carbocycles. The van der Waals surface area contributed by atoms with Gasteiger partial charge >= 0.3 is 0 Å². The molecule has 0 bridgehead atoms. The second-order valence-corrected chi connectivity index (χ2v) is 5.34. The molecule has 1 aliphatic rings. The molecule has 0 amide bonds. The number of benzene rings is 1. The van der Waals surface area contributed by atoms with Gasteiger partial charge in [0.25, 0.3) is 0 Å². The molecule has 1 fully saturated rings. The summed E-state index contributed by atoms with van der Waals surface area (Å²) in [5, 5.41) is 9.65. The number of β-amino-alcohol motifs (C(OH)–C–C–N with tert-alkyl or cyclic N) is 1. The van der Waals surface area contributed by atoms with Crippen molar-refractivity contribution in [1.82, 2.24) is 4.90 Å². The first-order valence-electron chi connectivity index (χ1n) is 5.92. The molecule has 1 saturated heterocycles. The quantitative estimate of drug-likeness (QED) is 0.930. The van der Waals surface area contributed by atoms with E-state index in [1.807, 2.05) is 18.2 Å². The minimum atomic E-state index is -0.173. The standard InChI is InChI=1S/C13H18BrNO2/c1-17-12-4-5-13(14)10(7-12)8-15-6-2-3-11(16)9-15/h4-5,7,11,16H,2-3,6,8-9H2,1H3/t11-/m0/s1. The molecule has 94 valence electrons. The Morgan fingerprint density at radius 1 is 1.53 bits per heavy atom. The predicted octanol–water partition coefficient (Wildman–Crippen LogP) is 2.41. The van der Waals surface area contributed by atoms with E-state index in [0.717, 1.165) is 42.7 Å². The molecule has 4 heteroatoms. The van der Waals surface area contributed by atoms with Gasteiger partial charge in [-0.05, 0) is 43.1 Å². The van der Waals surface area contributed by atoms with Crippen LogP contribution in [0.2, 0.25) is 0 Å². The number of likely N-dealkylation sites (tertiary alicyclic amines) is 1. The molecule has 1 atom stereocenters. The maximum atomic E-state index is 9.65. The highest BCUT2D eigenvalue weighted by molar-refractivity contribution is 9.10. The summed E-state index contributed by atoms with van der Waals surface area (Å²) in [7, 11) is 1.68. The number of rotatable bonds is 3. The van der Waals surface area contributed by atoms with Gasteiger partial charge in [-0.2, -0.15) is 0 Å². The highest BCUT2D eigenvalue weighted by atomic mass is 79.9. The van der Waals surface area contributed by atoms with Crippen molar-refractivity contribution in [1.29, 1.82) is 0 Å². The number of methoxy groups -OCH3 is 1. The lowest BCUT2D eigenvalue weighted by Gasteiger charge is -2.30. The monoisotopic (exact) mass is 299 g/mol. The van der Waals surface area contributed by atoms with Gasteiger partial charge in [-0.15, -0.1) is 0 Å². The summed E-state index contributed by atoms with van der Waals surface area (Å²) >= 11 is 3.56. The summed E-state index contributed by atoms with van der Waals surface area (Å²) in [6.07, 6.45) is 1.83. The lowest BCUT2D eigenvalue weighted by Crippen LogP contribution is -2.37. The average molecular weight is 300 g/mol. The van der Waals surface area contributed by atoms with Crippen LogP contribution in [0.4, 0.5) is 0 Å². The molecule has 0 aliphatic carbocycles. The molecule has 1 aromatic rings. The van der Waals surface area contributed by atoms with Crippen LogP contribution in [-0.2, 0) is 6.54 Å². The maximum absolute atomic E-state index is 9.65. The minimum Gasteiger partial charge on any atom is -0.497 e. The summed E-state index contributed by atoms with van der Waals surface area (Å²) in [4.78, 5) is 2.29. The lowest BCUT2D eigenvalue weighted by molar-refractivity contribution is 0.0667. The average Bonchev–Trinajstić information content (AvgIpc) is 2.32. The first-order valence-corrected chi connectivity index (χ1v) is 6.71. The summed E-state index contributed by atoms with van der Waals surface area (Å²) in [5.74, 6) is 0.876. The van der Waals surface area contributed by atoms with E-state index < -0.39 is 0 Å². The molecule has 0 unspecified atom stereocenters. The number of hydrogen-bond acceptors (Lipinski definition) is 3. The second kappa shape index (κ2) is 5.85. The van der Waals surface area contributed by atoms with E-state index >= 15 is 0 Å². The predicted molar refractivity (Wildman–Crippen MR) is 71.2 cm³/mol. The molecule has 3 nitrogen and oxygen atoms in total. The first-order chi connectivity index (χ1) is 8.19. The molecule has 0 spiro atoms. The van der Waals surface area contributed by atoms with Crippen molar-refractivity contribution < 1.29 is 9.84 Å². The second-order valence-electron chi connectivity index (χ2n) is 4.49. The zero-order chi connectivity index (χ0) is 12.3. The van der Waals surface area contributed by atoms with Gasteiger partial charge in [-0.25, -0.2) is 0 Å². The number of hydrogen-bond donors (Lipinski definition) is 1. The fourth-order valence-electron chi connectivity index (χ4n) is 2.21. The van der Waals surface area contributed by atoms with E-state index in [2.05, 4.69) is 20.8 Å². The molecular formula is C13H18BrNO2. The smallest absolute Gasteiger partial charge is 0.119 e. The Balaban J connectivity index is 2.06. The Morgan fingerprint density at radius 2 is 2.35 bits per heavy atom. The number of aliphatic hydroxyl groups excluding tert-OH is 1. The Bertz CT molecular complexity index is 384. The van der Waals surface area contributed by atoms with Gasteiger partial charge in [0.15, 0.2) is 0 Å². The number of halogens is 1. The van der Waals surface area contributed by atoms with E-state index in [1.165, 1.54) is 5.56 Å². The third-order valence-electron chi connectivity index (χ3n) is 3.13. The Hall–Kier alpha value is -0.580. The Kier molecular flexibility index (Phi) is 4.42. The fourth-order valence-corrected chi connectivity index (χ4v) is 2.59. The van der Waals surface area contributed by atoms with Crippen LogP contribution in [0, 0.1) is 0 Å². The van der Waals surface area contributed by atoms with Crippen molar-refractivity contribution in [3.05, 3.63) is 28.2 Å². The summed E-state index contributed by atoms with van der Waals surface area (Å²) in [5.41, 5.74) is 1.21. The maximum Gasteiger partial charge on any atom is 0.119 e. The fraction of sp³-hybridized carbons (Fsp3) is 0.538. The van der Waals surface area contributed by atoms with E-state index in [9.17, 15) is 5.11 Å². The third-order valence-corrected chi connectivity index (χ3v) is 3.90. The molecular weight excluding hydrogens is 282 g/mol. The van der Waals surface area contributed by atoms with Gasteiger partial charge in [0.05, 0.1) is 13.2 Å². The van der Waals surface area contributed by atoms with E-state index in [-0.39, 0.29) is 6.10 Å². The number of nitrogens with zero attached hydrogens (tertiary/aromatic N) is 1. The van der Waals surface area contributed by atoms with Crippen LogP contribution in [0.3, 0.4) is 0 Å². The Morgan fingerprint density at radius 3 is 3.06 bits per heavy atom. The molecule has 2 rings (SSSR count). The number of aliphatic hydroxyl groups is 1. The van der Waals surface area contributed by atoms with Gasteiger partial charge in [0.2, 0.25) is 0 Å². The molecule has 17 heavy (non-hydrogen) atoms. The number of piperidine rings is 1. The van der Waals surface area contributed by atoms with Crippen molar-refractivity contribution >= 4 is 15.9 Å². The van der Waals surface area contributed by atoms with Crippen LogP contribution < -0.4 is 4.74 Å². The number of ether oxygens (including phenoxy) is 1. The SMILES string of the molecule is COc1ccc(Br)c(CN2CCC[C@H](O)C2)c1. The lowest BCUT2D eigenvalue weighted by atomic mass is 10.1. The van der Waals surface area contributed by atoms with Crippen LogP contribution in [-0.4, -0.2) is 36.3 Å². The third kappa shape index (κ3) is 3.44. The van der Waals surface area contributed by atoms with Crippen molar-refractivity contribution in [3.63, 3.8) is 0 Å². The topological polar surface area (TPSA) is 32.7 Å². The van der Waals surface area contributed by atoms with Crippen LogP contribution in [0.5, 0.6) is 5.75 Å². The normalized spacial score (nSPS) is 21.5. The van der Waals surface area contributed by atoms with Gasteiger partial charge in [-0.3, -0.25) is 4.90 Å². The van der Waals surface area contributed by atoms with E-state index in [0.29, 0.717) is 0 Å². The van der Waals surface area contributed by atoms with Crippen LogP contribution >= 0.6 is 15.9 Å².